The fourth-order valence-electron chi connectivity index (χ4n) is 1.46. The van der Waals surface area contributed by atoms with Gasteiger partial charge in [-0.05, 0) is 43.5 Å². The molecule has 0 radical (unpaired) electrons. The van der Waals surface area contributed by atoms with Crippen LogP contribution in [0.2, 0.25) is 0 Å². The Morgan fingerprint density at radius 3 is 2.33 bits per heavy atom. The Kier molecular flexibility index (Phi) is 10.0. The molecule has 1 rings (SSSR count). The Hall–Kier alpha value is -0.580. The largest absolute Gasteiger partial charge is 0.497 e. The van der Waals surface area contributed by atoms with Crippen molar-refractivity contribution in [3.63, 3.8) is 0 Å². The normalized spacial score (nSPS) is 11.5. The van der Waals surface area contributed by atoms with Gasteiger partial charge in [-0.15, -0.1) is 12.4 Å². The van der Waals surface area contributed by atoms with Gasteiger partial charge in [-0.25, -0.2) is 0 Å². The van der Waals surface area contributed by atoms with Gasteiger partial charge in [-0.2, -0.15) is 12.6 Å². The van der Waals surface area contributed by atoms with Gasteiger partial charge in [-0.1, -0.05) is 0 Å². The van der Waals surface area contributed by atoms with Crippen molar-refractivity contribution in [3.05, 3.63) is 24.3 Å². The SMILES string of the molecule is COc1ccc(OCCCC[C@H](N)CS)cc1.Cl. The molecule has 0 aromatic heterocycles. The summed E-state index contributed by atoms with van der Waals surface area (Å²) in [6.07, 6.45) is 3.11. The number of nitrogens with two attached hydrogens (primary N) is 1. The summed E-state index contributed by atoms with van der Waals surface area (Å²) in [5.41, 5.74) is 5.77. The standard InChI is InChI=1S/C13H21NO2S.ClH/c1-15-12-5-7-13(8-6-12)16-9-3-2-4-11(14)10-17;/h5-8,11,17H,2-4,9-10,14H2,1H3;1H/t11-;/m0./s1. The van der Waals surface area contributed by atoms with Crippen molar-refractivity contribution in [2.45, 2.75) is 25.3 Å². The highest BCUT2D eigenvalue weighted by molar-refractivity contribution is 7.80. The molecule has 0 fully saturated rings. The molecule has 1 atom stereocenters. The average molecular weight is 292 g/mol. The third kappa shape index (κ3) is 6.99. The van der Waals surface area contributed by atoms with Crippen molar-refractivity contribution in [2.75, 3.05) is 19.5 Å². The molecule has 1 aromatic rings. The van der Waals surface area contributed by atoms with E-state index in [1.165, 1.54) is 0 Å². The van der Waals surface area contributed by atoms with Crippen LogP contribution < -0.4 is 15.2 Å². The Balaban J connectivity index is 0.00000289. The summed E-state index contributed by atoms with van der Waals surface area (Å²) in [5, 5.41) is 0. The molecule has 0 spiro atoms. The Labute approximate surface area is 121 Å². The van der Waals surface area contributed by atoms with Crippen LogP contribution in [0.15, 0.2) is 24.3 Å². The second-order valence-corrected chi connectivity index (χ2v) is 4.33. The molecule has 0 heterocycles. The van der Waals surface area contributed by atoms with Crippen LogP contribution in [0.3, 0.4) is 0 Å². The van der Waals surface area contributed by atoms with Crippen molar-refractivity contribution in [2.24, 2.45) is 5.73 Å². The number of benzene rings is 1. The van der Waals surface area contributed by atoms with Gasteiger partial charge in [0.1, 0.15) is 11.5 Å². The lowest BCUT2D eigenvalue weighted by Gasteiger charge is -2.09. The monoisotopic (exact) mass is 291 g/mol. The van der Waals surface area contributed by atoms with Crippen LogP contribution in [0.5, 0.6) is 11.5 Å². The predicted molar refractivity (Wildman–Crippen MR) is 81.4 cm³/mol. The minimum absolute atomic E-state index is 0. The van der Waals surface area contributed by atoms with Crippen LogP contribution in [0.1, 0.15) is 19.3 Å². The van der Waals surface area contributed by atoms with Crippen LogP contribution >= 0.6 is 25.0 Å². The molecule has 0 unspecified atom stereocenters. The molecule has 0 saturated carbocycles. The van der Waals surface area contributed by atoms with Gasteiger partial charge in [0.05, 0.1) is 13.7 Å². The van der Waals surface area contributed by atoms with Crippen LogP contribution in [-0.4, -0.2) is 25.5 Å². The zero-order valence-corrected chi connectivity index (χ0v) is 12.4. The summed E-state index contributed by atoms with van der Waals surface area (Å²) in [5.74, 6) is 2.47. The van der Waals surface area contributed by atoms with E-state index in [9.17, 15) is 0 Å². The van der Waals surface area contributed by atoms with Crippen molar-refractivity contribution in [1.29, 1.82) is 0 Å². The Morgan fingerprint density at radius 1 is 1.17 bits per heavy atom. The maximum atomic E-state index is 5.77. The third-order valence-corrected chi connectivity index (χ3v) is 3.00. The fraction of sp³-hybridized carbons (Fsp3) is 0.538. The number of unbranched alkanes of at least 4 members (excludes halogenated alkanes) is 1. The van der Waals surface area contributed by atoms with Gasteiger partial charge in [0.2, 0.25) is 0 Å². The van der Waals surface area contributed by atoms with E-state index in [1.54, 1.807) is 7.11 Å². The molecule has 1 aromatic carbocycles. The third-order valence-electron chi connectivity index (χ3n) is 2.53. The first-order valence-electron chi connectivity index (χ1n) is 5.89. The number of halogens is 1. The summed E-state index contributed by atoms with van der Waals surface area (Å²) in [4.78, 5) is 0. The molecule has 0 aliphatic rings. The summed E-state index contributed by atoms with van der Waals surface area (Å²) in [6.45, 7) is 0.728. The summed E-state index contributed by atoms with van der Waals surface area (Å²) < 4.78 is 10.7. The highest BCUT2D eigenvalue weighted by Gasteiger charge is 1.99. The molecule has 0 saturated heterocycles. The lowest BCUT2D eigenvalue weighted by atomic mass is 10.1. The first kappa shape index (κ1) is 17.4. The smallest absolute Gasteiger partial charge is 0.119 e. The zero-order valence-electron chi connectivity index (χ0n) is 10.7. The van der Waals surface area contributed by atoms with E-state index in [1.807, 2.05) is 24.3 Å². The quantitative estimate of drug-likeness (QED) is 0.572. The molecule has 104 valence electrons. The maximum Gasteiger partial charge on any atom is 0.119 e. The van der Waals surface area contributed by atoms with Crippen LogP contribution in [0.4, 0.5) is 0 Å². The molecule has 18 heavy (non-hydrogen) atoms. The first-order chi connectivity index (χ1) is 8.26. The fourth-order valence-corrected chi connectivity index (χ4v) is 1.64. The Bertz CT molecular complexity index is 308. The molecule has 0 amide bonds. The minimum Gasteiger partial charge on any atom is -0.497 e. The summed E-state index contributed by atoms with van der Waals surface area (Å²) >= 11 is 4.15. The molecule has 2 N–H and O–H groups in total. The first-order valence-corrected chi connectivity index (χ1v) is 6.53. The van der Waals surface area contributed by atoms with E-state index in [-0.39, 0.29) is 18.4 Å². The van der Waals surface area contributed by atoms with E-state index < -0.39 is 0 Å². The minimum atomic E-state index is 0. The number of methoxy groups -OCH3 is 1. The molecular weight excluding hydrogens is 270 g/mol. The molecule has 5 heteroatoms. The van der Waals surface area contributed by atoms with E-state index in [4.69, 9.17) is 15.2 Å². The zero-order chi connectivity index (χ0) is 12.5. The number of thiol groups is 1. The summed E-state index contributed by atoms with van der Waals surface area (Å²) in [6, 6.07) is 7.83. The van der Waals surface area contributed by atoms with E-state index >= 15 is 0 Å². The van der Waals surface area contributed by atoms with Crippen molar-refractivity contribution >= 4 is 25.0 Å². The number of ether oxygens (including phenoxy) is 2. The Morgan fingerprint density at radius 2 is 1.78 bits per heavy atom. The summed E-state index contributed by atoms with van der Waals surface area (Å²) in [7, 11) is 1.65. The second kappa shape index (κ2) is 10.4. The molecule has 0 aliphatic heterocycles. The molecular formula is C13H22ClNO2S. The van der Waals surface area contributed by atoms with Gasteiger partial charge >= 0.3 is 0 Å². The maximum absolute atomic E-state index is 5.77. The number of rotatable bonds is 8. The van der Waals surface area contributed by atoms with Gasteiger partial charge < -0.3 is 15.2 Å². The van der Waals surface area contributed by atoms with Crippen LogP contribution in [-0.2, 0) is 0 Å². The van der Waals surface area contributed by atoms with Crippen molar-refractivity contribution in [1.82, 2.24) is 0 Å². The van der Waals surface area contributed by atoms with Crippen LogP contribution in [0, 0.1) is 0 Å². The molecule has 0 aliphatic carbocycles. The highest BCUT2D eigenvalue weighted by atomic mass is 35.5. The van der Waals surface area contributed by atoms with E-state index in [0.29, 0.717) is 0 Å². The topological polar surface area (TPSA) is 44.5 Å². The van der Waals surface area contributed by atoms with Gasteiger partial charge in [0.15, 0.2) is 0 Å². The molecule has 3 nitrogen and oxygen atoms in total. The average Bonchev–Trinajstić information content (AvgIpc) is 2.38. The molecule has 0 bridgehead atoms. The predicted octanol–water partition coefficient (Wildman–Crippen LogP) is 2.92. The number of hydrogen-bond acceptors (Lipinski definition) is 4. The van der Waals surface area contributed by atoms with E-state index in [2.05, 4.69) is 12.6 Å². The number of hydrogen-bond donors (Lipinski definition) is 2. The second-order valence-electron chi connectivity index (χ2n) is 3.96. The van der Waals surface area contributed by atoms with Gasteiger partial charge in [-0.3, -0.25) is 0 Å². The lowest BCUT2D eigenvalue weighted by Crippen LogP contribution is -2.21. The van der Waals surface area contributed by atoms with Crippen molar-refractivity contribution < 1.29 is 9.47 Å². The highest BCUT2D eigenvalue weighted by Crippen LogP contribution is 2.17. The van der Waals surface area contributed by atoms with E-state index in [0.717, 1.165) is 43.1 Å². The van der Waals surface area contributed by atoms with Gasteiger partial charge in [0.25, 0.3) is 0 Å². The lowest BCUT2D eigenvalue weighted by molar-refractivity contribution is 0.303. The van der Waals surface area contributed by atoms with Gasteiger partial charge in [0, 0.05) is 11.8 Å². The van der Waals surface area contributed by atoms with Crippen LogP contribution in [0.25, 0.3) is 0 Å². The van der Waals surface area contributed by atoms with Crippen molar-refractivity contribution in [3.8, 4) is 11.5 Å².